The van der Waals surface area contributed by atoms with E-state index in [1.54, 1.807) is 0 Å². The monoisotopic (exact) mass is 276 g/mol. The van der Waals surface area contributed by atoms with Gasteiger partial charge < -0.3 is 14.9 Å². The van der Waals surface area contributed by atoms with Gasteiger partial charge >= 0.3 is 0 Å². The smallest absolute Gasteiger partial charge is 0.0596 e. The number of rotatable bonds is 4. The lowest BCUT2D eigenvalue weighted by Crippen LogP contribution is -2.51. The molecule has 1 heterocycles. The fourth-order valence-corrected chi connectivity index (χ4v) is 3.03. The van der Waals surface area contributed by atoms with Crippen LogP contribution in [0.25, 0.3) is 0 Å². The standard InChI is InChI=1S/C17H28N2O/c1-13-5-6-14(2)15(9-13)10-17(20)11-16-12-18(3)7-8-19(16)4/h5-6,9,16-17,20H,7-8,10-12H2,1-4H3. The maximum absolute atomic E-state index is 10.4. The van der Waals surface area contributed by atoms with Crippen LogP contribution in [0.15, 0.2) is 18.2 Å². The molecule has 0 aromatic heterocycles. The summed E-state index contributed by atoms with van der Waals surface area (Å²) in [5.41, 5.74) is 3.83. The zero-order valence-corrected chi connectivity index (χ0v) is 13.3. The van der Waals surface area contributed by atoms with Crippen molar-refractivity contribution in [2.75, 3.05) is 33.7 Å². The number of benzene rings is 1. The van der Waals surface area contributed by atoms with E-state index in [-0.39, 0.29) is 6.10 Å². The first-order valence-electron chi connectivity index (χ1n) is 7.58. The third-order valence-corrected chi connectivity index (χ3v) is 4.48. The molecule has 0 bridgehead atoms. The number of nitrogens with zero attached hydrogens (tertiary/aromatic N) is 2. The molecule has 112 valence electrons. The van der Waals surface area contributed by atoms with Crippen LogP contribution < -0.4 is 0 Å². The molecular weight excluding hydrogens is 248 g/mol. The van der Waals surface area contributed by atoms with Crippen LogP contribution in [0.1, 0.15) is 23.1 Å². The van der Waals surface area contributed by atoms with Crippen LogP contribution in [-0.2, 0) is 6.42 Å². The molecule has 3 nitrogen and oxygen atoms in total. The molecule has 3 heteroatoms. The summed E-state index contributed by atoms with van der Waals surface area (Å²) in [7, 11) is 4.33. The van der Waals surface area contributed by atoms with E-state index in [0.717, 1.165) is 32.5 Å². The van der Waals surface area contributed by atoms with Gasteiger partial charge in [-0.1, -0.05) is 23.8 Å². The SMILES string of the molecule is Cc1ccc(C)c(CC(O)CC2CN(C)CCN2C)c1. The fraction of sp³-hybridized carbons (Fsp3) is 0.647. The first-order chi connectivity index (χ1) is 9.45. The highest BCUT2D eigenvalue weighted by Gasteiger charge is 2.24. The predicted molar refractivity (Wildman–Crippen MR) is 84.2 cm³/mol. The summed E-state index contributed by atoms with van der Waals surface area (Å²) in [5, 5.41) is 10.4. The minimum absolute atomic E-state index is 0.255. The van der Waals surface area contributed by atoms with Gasteiger partial charge in [-0.2, -0.15) is 0 Å². The van der Waals surface area contributed by atoms with Gasteiger partial charge in [0.25, 0.3) is 0 Å². The number of likely N-dealkylation sites (N-methyl/N-ethyl adjacent to an activating group) is 2. The molecule has 1 aliphatic heterocycles. The zero-order valence-electron chi connectivity index (χ0n) is 13.3. The van der Waals surface area contributed by atoms with Crippen molar-refractivity contribution in [2.24, 2.45) is 0 Å². The van der Waals surface area contributed by atoms with Gasteiger partial charge in [-0.25, -0.2) is 0 Å². The van der Waals surface area contributed by atoms with Crippen LogP contribution in [-0.4, -0.2) is 60.8 Å². The summed E-state index contributed by atoms with van der Waals surface area (Å²) in [5.74, 6) is 0. The minimum Gasteiger partial charge on any atom is -0.393 e. The zero-order chi connectivity index (χ0) is 14.7. The lowest BCUT2D eigenvalue weighted by Gasteiger charge is -2.38. The third kappa shape index (κ3) is 4.05. The topological polar surface area (TPSA) is 26.7 Å². The van der Waals surface area contributed by atoms with Gasteiger partial charge in [-0.05, 0) is 51.9 Å². The largest absolute Gasteiger partial charge is 0.393 e. The fourth-order valence-electron chi connectivity index (χ4n) is 3.03. The number of piperazine rings is 1. The van der Waals surface area contributed by atoms with Gasteiger partial charge in [-0.3, -0.25) is 0 Å². The number of aliphatic hydroxyl groups is 1. The van der Waals surface area contributed by atoms with Crippen molar-refractivity contribution in [1.29, 1.82) is 0 Å². The molecule has 2 rings (SSSR count). The molecular formula is C17H28N2O. The molecule has 2 atom stereocenters. The van der Waals surface area contributed by atoms with Crippen LogP contribution in [0, 0.1) is 13.8 Å². The van der Waals surface area contributed by atoms with Gasteiger partial charge in [0, 0.05) is 25.7 Å². The van der Waals surface area contributed by atoms with Crippen molar-refractivity contribution < 1.29 is 5.11 Å². The van der Waals surface area contributed by atoms with Crippen molar-refractivity contribution in [3.05, 3.63) is 34.9 Å². The average molecular weight is 276 g/mol. The highest BCUT2D eigenvalue weighted by atomic mass is 16.3. The van der Waals surface area contributed by atoms with Crippen LogP contribution in [0.2, 0.25) is 0 Å². The van der Waals surface area contributed by atoms with Crippen molar-refractivity contribution in [2.45, 2.75) is 38.8 Å². The van der Waals surface area contributed by atoms with E-state index < -0.39 is 0 Å². The quantitative estimate of drug-likeness (QED) is 0.909. The number of hydrogen-bond acceptors (Lipinski definition) is 3. The van der Waals surface area contributed by atoms with E-state index in [2.05, 4.69) is 55.9 Å². The van der Waals surface area contributed by atoms with Gasteiger partial charge in [0.05, 0.1) is 6.10 Å². The van der Waals surface area contributed by atoms with Crippen LogP contribution in [0.5, 0.6) is 0 Å². The lowest BCUT2D eigenvalue weighted by atomic mass is 9.96. The number of aliphatic hydroxyl groups excluding tert-OH is 1. The van der Waals surface area contributed by atoms with Crippen LogP contribution in [0.3, 0.4) is 0 Å². The van der Waals surface area contributed by atoms with Gasteiger partial charge in [0.15, 0.2) is 0 Å². The summed E-state index contributed by atoms with van der Waals surface area (Å²) in [6.07, 6.45) is 1.37. The van der Waals surface area contributed by atoms with Gasteiger partial charge in [0.2, 0.25) is 0 Å². The normalized spacial score (nSPS) is 22.9. The molecule has 0 aliphatic carbocycles. The number of hydrogen-bond donors (Lipinski definition) is 1. The Bertz CT molecular complexity index is 447. The molecule has 1 fully saturated rings. The molecule has 1 aromatic carbocycles. The Balaban J connectivity index is 1.94. The predicted octanol–water partition coefficient (Wildman–Crippen LogP) is 1.84. The number of aryl methyl sites for hydroxylation is 2. The summed E-state index contributed by atoms with van der Waals surface area (Å²) in [6, 6.07) is 6.95. The Morgan fingerprint density at radius 1 is 1.25 bits per heavy atom. The maximum atomic E-state index is 10.4. The van der Waals surface area contributed by atoms with Crippen LogP contribution >= 0.6 is 0 Å². The van der Waals surface area contributed by atoms with E-state index in [9.17, 15) is 5.11 Å². The second-order valence-electron chi connectivity index (χ2n) is 6.42. The summed E-state index contributed by atoms with van der Waals surface area (Å²) < 4.78 is 0. The molecule has 0 spiro atoms. The first kappa shape index (κ1) is 15.5. The molecule has 0 amide bonds. The second kappa shape index (κ2) is 6.70. The summed E-state index contributed by atoms with van der Waals surface area (Å²) in [6.45, 7) is 7.51. The highest BCUT2D eigenvalue weighted by molar-refractivity contribution is 5.30. The van der Waals surface area contributed by atoms with Gasteiger partial charge in [0.1, 0.15) is 0 Å². The maximum Gasteiger partial charge on any atom is 0.0596 e. The minimum atomic E-state index is -0.255. The van der Waals surface area contributed by atoms with Crippen molar-refractivity contribution in [3.8, 4) is 0 Å². The van der Waals surface area contributed by atoms with E-state index in [1.165, 1.54) is 16.7 Å². The molecule has 1 aliphatic rings. The van der Waals surface area contributed by atoms with E-state index in [4.69, 9.17) is 0 Å². The Kier molecular flexibility index (Phi) is 5.19. The van der Waals surface area contributed by atoms with Crippen molar-refractivity contribution in [3.63, 3.8) is 0 Å². The van der Waals surface area contributed by atoms with Gasteiger partial charge in [-0.15, -0.1) is 0 Å². The average Bonchev–Trinajstić information content (AvgIpc) is 2.38. The molecule has 1 aromatic rings. The van der Waals surface area contributed by atoms with Crippen molar-refractivity contribution in [1.82, 2.24) is 9.80 Å². The van der Waals surface area contributed by atoms with E-state index in [0.29, 0.717) is 6.04 Å². The lowest BCUT2D eigenvalue weighted by molar-refractivity contribution is 0.0638. The highest BCUT2D eigenvalue weighted by Crippen LogP contribution is 2.17. The Morgan fingerprint density at radius 3 is 2.75 bits per heavy atom. The Morgan fingerprint density at radius 2 is 2.00 bits per heavy atom. The molecule has 2 unspecified atom stereocenters. The van der Waals surface area contributed by atoms with Crippen molar-refractivity contribution >= 4 is 0 Å². The third-order valence-electron chi connectivity index (χ3n) is 4.48. The second-order valence-corrected chi connectivity index (χ2v) is 6.42. The first-order valence-corrected chi connectivity index (χ1v) is 7.58. The molecule has 1 N–H and O–H groups in total. The molecule has 1 saturated heterocycles. The van der Waals surface area contributed by atoms with E-state index >= 15 is 0 Å². The van der Waals surface area contributed by atoms with E-state index in [1.807, 2.05) is 0 Å². The molecule has 20 heavy (non-hydrogen) atoms. The Labute approximate surface area is 123 Å². The summed E-state index contributed by atoms with van der Waals surface area (Å²) in [4.78, 5) is 4.74. The molecule has 0 radical (unpaired) electrons. The summed E-state index contributed by atoms with van der Waals surface area (Å²) >= 11 is 0. The Hall–Kier alpha value is -0.900. The molecule has 0 saturated carbocycles. The van der Waals surface area contributed by atoms with Crippen LogP contribution in [0.4, 0.5) is 0 Å².